The van der Waals surface area contributed by atoms with Crippen molar-refractivity contribution in [3.63, 3.8) is 0 Å². The number of primary amides is 1. The third kappa shape index (κ3) is 3.17. The number of nitrogens with zero attached hydrogens (tertiary/aromatic N) is 2. The molecule has 1 aromatic carbocycles. The number of amides is 1. The highest BCUT2D eigenvalue weighted by Gasteiger charge is 2.20. The maximum atomic E-state index is 12.2. The Morgan fingerprint density at radius 2 is 2.10 bits per heavy atom. The molecule has 0 aliphatic rings. The van der Waals surface area contributed by atoms with Gasteiger partial charge in [-0.1, -0.05) is 11.6 Å². The lowest BCUT2D eigenvalue weighted by Crippen LogP contribution is -2.15. The maximum absolute atomic E-state index is 12.2. The number of aromatic nitrogens is 2. The van der Waals surface area contributed by atoms with Crippen LogP contribution < -0.4 is 10.5 Å². The molecule has 0 unspecified atom stereocenters. The van der Waals surface area contributed by atoms with Gasteiger partial charge in [0.05, 0.1) is 10.7 Å². The second-order valence-corrected chi connectivity index (χ2v) is 6.44. The average Bonchev–Trinajstić information content (AvgIpc) is 2.73. The molecule has 2 aromatic rings. The molecule has 0 saturated heterocycles. The van der Waals surface area contributed by atoms with Gasteiger partial charge in [0.25, 0.3) is 10.0 Å². The Kier molecular flexibility index (Phi) is 3.93. The highest BCUT2D eigenvalue weighted by Crippen LogP contribution is 2.25. The highest BCUT2D eigenvalue weighted by molar-refractivity contribution is 7.92. The largest absolute Gasteiger partial charge is 0.366 e. The minimum atomic E-state index is -3.90. The summed E-state index contributed by atoms with van der Waals surface area (Å²) < 4.78 is 28.4. The second-order valence-electron chi connectivity index (χ2n) is 4.40. The predicted octanol–water partition coefficient (Wildman–Crippen LogP) is 1.28. The van der Waals surface area contributed by atoms with E-state index in [4.69, 9.17) is 17.3 Å². The lowest BCUT2D eigenvalue weighted by atomic mass is 10.2. The summed E-state index contributed by atoms with van der Waals surface area (Å²) in [6.45, 7) is 1.68. The zero-order chi connectivity index (χ0) is 15.8. The van der Waals surface area contributed by atoms with Gasteiger partial charge < -0.3 is 10.3 Å². The molecular weight excluding hydrogens is 316 g/mol. The van der Waals surface area contributed by atoms with Crippen LogP contribution in [0.5, 0.6) is 0 Å². The molecule has 0 spiro atoms. The molecule has 1 heterocycles. The van der Waals surface area contributed by atoms with Crippen molar-refractivity contribution in [1.82, 2.24) is 9.55 Å². The minimum Gasteiger partial charge on any atom is -0.366 e. The summed E-state index contributed by atoms with van der Waals surface area (Å²) in [5.41, 5.74) is 5.37. The first kappa shape index (κ1) is 15.3. The number of halogens is 1. The fourth-order valence-electron chi connectivity index (χ4n) is 1.61. The summed E-state index contributed by atoms with van der Waals surface area (Å²) in [5.74, 6) is -0.131. The number of nitrogens with two attached hydrogens (primary N) is 1. The quantitative estimate of drug-likeness (QED) is 0.881. The lowest BCUT2D eigenvalue weighted by molar-refractivity contribution is 0.100. The van der Waals surface area contributed by atoms with Crippen molar-refractivity contribution in [2.45, 2.75) is 11.9 Å². The molecule has 0 aliphatic carbocycles. The molecule has 7 nitrogen and oxygen atoms in total. The first-order valence-electron chi connectivity index (χ1n) is 5.83. The number of rotatable bonds is 4. The Balaban J connectivity index is 2.41. The molecule has 0 aliphatic heterocycles. The highest BCUT2D eigenvalue weighted by atomic mass is 35.5. The summed E-state index contributed by atoms with van der Waals surface area (Å²) in [6.07, 6.45) is 1.38. The SMILES string of the molecule is Cc1nc(S(=O)(=O)Nc2cc(C(N)=O)ccc2Cl)cn1C. The van der Waals surface area contributed by atoms with Crippen molar-refractivity contribution >= 4 is 33.2 Å². The van der Waals surface area contributed by atoms with Gasteiger partial charge in [0.1, 0.15) is 5.82 Å². The van der Waals surface area contributed by atoms with Gasteiger partial charge >= 0.3 is 0 Å². The van der Waals surface area contributed by atoms with Crippen molar-refractivity contribution < 1.29 is 13.2 Å². The molecule has 0 bridgehead atoms. The van der Waals surface area contributed by atoms with Gasteiger partial charge in [-0.3, -0.25) is 9.52 Å². The van der Waals surface area contributed by atoms with E-state index < -0.39 is 15.9 Å². The first-order chi connectivity index (χ1) is 9.70. The van der Waals surface area contributed by atoms with Gasteiger partial charge in [0, 0.05) is 18.8 Å². The molecule has 9 heteroatoms. The van der Waals surface area contributed by atoms with Crippen LogP contribution in [0.2, 0.25) is 5.02 Å². The molecule has 21 heavy (non-hydrogen) atoms. The summed E-state index contributed by atoms with van der Waals surface area (Å²) in [6, 6.07) is 4.08. The third-order valence-electron chi connectivity index (χ3n) is 2.86. The van der Waals surface area contributed by atoms with Crippen molar-refractivity contribution in [2.75, 3.05) is 4.72 Å². The molecular formula is C12H13ClN4O3S. The lowest BCUT2D eigenvalue weighted by Gasteiger charge is -2.08. The van der Waals surface area contributed by atoms with E-state index in [0.717, 1.165) is 0 Å². The molecule has 0 saturated carbocycles. The van der Waals surface area contributed by atoms with Crippen LogP contribution >= 0.6 is 11.6 Å². The summed E-state index contributed by atoms with van der Waals surface area (Å²) in [5, 5.41) is 0.0132. The second kappa shape index (κ2) is 5.38. The van der Waals surface area contributed by atoms with Gasteiger partial charge in [-0.25, -0.2) is 4.98 Å². The number of hydrogen-bond donors (Lipinski definition) is 2. The summed E-state index contributed by atoms with van der Waals surface area (Å²) in [7, 11) is -2.22. The van der Waals surface area contributed by atoms with E-state index in [-0.39, 0.29) is 21.3 Å². The number of benzene rings is 1. The predicted molar refractivity (Wildman–Crippen MR) is 78.7 cm³/mol. The number of carbonyl (C=O) groups is 1. The van der Waals surface area contributed by atoms with Gasteiger partial charge in [-0.15, -0.1) is 0 Å². The van der Waals surface area contributed by atoms with Crippen molar-refractivity contribution in [3.05, 3.63) is 40.8 Å². The Hall–Kier alpha value is -2.06. The van der Waals surface area contributed by atoms with E-state index in [1.165, 1.54) is 24.4 Å². The number of anilines is 1. The van der Waals surface area contributed by atoms with E-state index in [0.29, 0.717) is 5.82 Å². The number of imidazole rings is 1. The van der Waals surface area contributed by atoms with Gasteiger partial charge in [0.15, 0.2) is 5.03 Å². The summed E-state index contributed by atoms with van der Waals surface area (Å²) >= 11 is 5.93. The van der Waals surface area contributed by atoms with Crippen LogP contribution in [-0.4, -0.2) is 23.9 Å². The maximum Gasteiger partial charge on any atom is 0.281 e. The fraction of sp³-hybridized carbons (Fsp3) is 0.167. The van der Waals surface area contributed by atoms with Crippen LogP contribution in [0.3, 0.4) is 0 Å². The molecule has 112 valence electrons. The van der Waals surface area contributed by atoms with Gasteiger partial charge in [-0.2, -0.15) is 8.42 Å². The van der Waals surface area contributed by atoms with Gasteiger partial charge in [-0.05, 0) is 25.1 Å². The fourth-order valence-corrected chi connectivity index (χ4v) is 2.94. The van der Waals surface area contributed by atoms with E-state index in [1.54, 1.807) is 18.5 Å². The Morgan fingerprint density at radius 3 is 2.62 bits per heavy atom. The molecule has 0 fully saturated rings. The summed E-state index contributed by atoms with van der Waals surface area (Å²) in [4.78, 5) is 15.1. The van der Waals surface area contributed by atoms with Crippen molar-refractivity contribution in [1.29, 1.82) is 0 Å². The number of hydrogen-bond acceptors (Lipinski definition) is 4. The molecule has 0 radical (unpaired) electrons. The van der Waals surface area contributed by atoms with Crippen LogP contribution in [0.1, 0.15) is 16.2 Å². The van der Waals surface area contributed by atoms with Crippen LogP contribution in [0, 0.1) is 6.92 Å². The molecule has 1 amide bonds. The van der Waals surface area contributed by atoms with Crippen LogP contribution in [0.4, 0.5) is 5.69 Å². The Bertz CT molecular complexity index is 794. The Labute approximate surface area is 126 Å². The monoisotopic (exact) mass is 328 g/mol. The van der Waals surface area contributed by atoms with Crippen LogP contribution in [0.15, 0.2) is 29.4 Å². The van der Waals surface area contributed by atoms with E-state index >= 15 is 0 Å². The van der Waals surface area contributed by atoms with Crippen molar-refractivity contribution in [2.24, 2.45) is 12.8 Å². The zero-order valence-corrected chi connectivity index (χ0v) is 12.9. The third-order valence-corrected chi connectivity index (χ3v) is 4.42. The topological polar surface area (TPSA) is 107 Å². The van der Waals surface area contributed by atoms with E-state index in [9.17, 15) is 13.2 Å². The number of sulfonamides is 1. The molecule has 2 rings (SSSR count). The molecule has 1 aromatic heterocycles. The number of aryl methyl sites for hydroxylation is 2. The normalized spacial score (nSPS) is 11.4. The van der Waals surface area contributed by atoms with Gasteiger partial charge in [0.2, 0.25) is 5.91 Å². The average molecular weight is 329 g/mol. The zero-order valence-electron chi connectivity index (χ0n) is 11.3. The standard InChI is InChI=1S/C12H13ClN4O3S/c1-7-15-11(6-17(7)2)21(19,20)16-10-5-8(12(14)18)3-4-9(10)13/h3-6,16H,1-2H3,(H2,14,18). The molecule has 0 atom stereocenters. The van der Waals surface area contributed by atoms with E-state index in [2.05, 4.69) is 9.71 Å². The van der Waals surface area contributed by atoms with Crippen LogP contribution in [-0.2, 0) is 17.1 Å². The Morgan fingerprint density at radius 1 is 1.43 bits per heavy atom. The minimum absolute atomic E-state index is 0.0660. The van der Waals surface area contributed by atoms with E-state index in [1.807, 2.05) is 0 Å². The first-order valence-corrected chi connectivity index (χ1v) is 7.69. The van der Waals surface area contributed by atoms with Crippen LogP contribution in [0.25, 0.3) is 0 Å². The smallest absolute Gasteiger partial charge is 0.281 e. The van der Waals surface area contributed by atoms with Crippen molar-refractivity contribution in [3.8, 4) is 0 Å². The number of nitrogens with one attached hydrogen (secondary N) is 1. The number of carbonyl (C=O) groups excluding carboxylic acids is 1. The molecule has 3 N–H and O–H groups in total.